The van der Waals surface area contributed by atoms with E-state index in [0.29, 0.717) is 12.8 Å². The summed E-state index contributed by atoms with van der Waals surface area (Å²) >= 11 is 0. The average Bonchev–Trinajstić information content (AvgIpc) is 3.29. The van der Waals surface area contributed by atoms with Gasteiger partial charge in [-0.2, -0.15) is 0 Å². The fraction of sp³-hybridized carbons (Fsp3) is 0.796. The van der Waals surface area contributed by atoms with E-state index >= 15 is 0 Å². The lowest BCUT2D eigenvalue weighted by Gasteiger charge is -2.42. The molecule has 0 amide bonds. The van der Waals surface area contributed by atoms with E-state index in [1.54, 1.807) is 0 Å². The number of aliphatic hydroxyl groups excluding tert-OH is 7. The van der Waals surface area contributed by atoms with Gasteiger partial charge in [0, 0.05) is 12.8 Å². The lowest BCUT2D eigenvalue weighted by atomic mass is 9.98. The monoisotopic (exact) mass is 913 g/mol. The van der Waals surface area contributed by atoms with Gasteiger partial charge in [0.05, 0.1) is 19.8 Å². The first kappa shape index (κ1) is 57.6. The Bertz CT molecular complexity index is 1300. The molecule has 0 aromatic carbocycles. The minimum absolute atomic E-state index is 0.139. The van der Waals surface area contributed by atoms with Gasteiger partial charge in [0.25, 0.3) is 0 Å². The zero-order valence-electron chi connectivity index (χ0n) is 38.8. The Balaban J connectivity index is 1.85. The lowest BCUT2D eigenvalue weighted by Crippen LogP contribution is -2.61. The molecule has 0 bridgehead atoms. The smallest absolute Gasteiger partial charge is 0.306 e. The average molecular weight is 913 g/mol. The summed E-state index contributed by atoms with van der Waals surface area (Å²) in [7, 11) is 0. The Morgan fingerprint density at radius 2 is 0.984 bits per heavy atom. The second-order valence-corrected chi connectivity index (χ2v) is 16.9. The molecule has 2 fully saturated rings. The van der Waals surface area contributed by atoms with Crippen LogP contribution in [0.1, 0.15) is 155 Å². The van der Waals surface area contributed by atoms with Gasteiger partial charge in [-0.3, -0.25) is 9.59 Å². The van der Waals surface area contributed by atoms with Crippen molar-refractivity contribution in [3.63, 3.8) is 0 Å². The SMILES string of the molecule is CC/C=C\C/C=C\C/C=C\CCCCCCCC(=O)OCC(COC1OC(COC2OC(CO)C(O)C(O)C2O)C(O)C(O)C1O)OC(=O)CCCCC/C=C\CCCCCCCC. The number of carbonyl (C=O) groups is 2. The molecule has 2 aliphatic heterocycles. The molecule has 11 atom stereocenters. The molecule has 2 aliphatic rings. The molecule has 15 nitrogen and oxygen atoms in total. The van der Waals surface area contributed by atoms with Crippen molar-refractivity contribution >= 4 is 11.9 Å². The fourth-order valence-electron chi connectivity index (χ4n) is 7.28. The van der Waals surface area contributed by atoms with Crippen LogP contribution in [0, 0.1) is 0 Å². The van der Waals surface area contributed by atoms with Crippen LogP contribution < -0.4 is 0 Å². The zero-order valence-corrected chi connectivity index (χ0v) is 38.8. The molecule has 0 radical (unpaired) electrons. The van der Waals surface area contributed by atoms with Crippen LogP contribution in [0.4, 0.5) is 0 Å². The normalized spacial score (nSPS) is 27.0. The Labute approximate surface area is 382 Å². The van der Waals surface area contributed by atoms with Gasteiger partial charge in [-0.15, -0.1) is 0 Å². The molecule has 0 aromatic rings. The van der Waals surface area contributed by atoms with Crippen molar-refractivity contribution in [2.75, 3.05) is 26.4 Å². The van der Waals surface area contributed by atoms with Crippen molar-refractivity contribution < 1.29 is 73.8 Å². The maximum atomic E-state index is 12.9. The minimum atomic E-state index is -1.77. The number of allylic oxidation sites excluding steroid dienone is 8. The van der Waals surface area contributed by atoms with Gasteiger partial charge in [0.15, 0.2) is 18.7 Å². The summed E-state index contributed by atoms with van der Waals surface area (Å²) in [5.74, 6) is -0.967. The molecular weight excluding hydrogens is 829 g/mol. The Morgan fingerprint density at radius 3 is 1.58 bits per heavy atom. The summed E-state index contributed by atoms with van der Waals surface area (Å²) < 4.78 is 33.5. The Kier molecular flexibility index (Phi) is 32.9. The fourth-order valence-corrected chi connectivity index (χ4v) is 7.28. The van der Waals surface area contributed by atoms with E-state index in [2.05, 4.69) is 62.5 Å². The van der Waals surface area contributed by atoms with E-state index in [-0.39, 0.29) is 19.4 Å². The topological polar surface area (TPSA) is 231 Å². The summed E-state index contributed by atoms with van der Waals surface area (Å²) in [5.41, 5.74) is 0. The van der Waals surface area contributed by atoms with Gasteiger partial charge in [0.1, 0.15) is 55.4 Å². The van der Waals surface area contributed by atoms with E-state index < -0.39 is 99.3 Å². The molecular formula is C49H84O15. The molecule has 0 aliphatic carbocycles. The van der Waals surface area contributed by atoms with E-state index in [9.17, 15) is 45.3 Å². The third-order valence-electron chi connectivity index (χ3n) is 11.3. The number of unbranched alkanes of at least 4 members (excludes halogenated alkanes) is 14. The number of rotatable bonds is 36. The van der Waals surface area contributed by atoms with Crippen molar-refractivity contribution in [2.45, 2.75) is 223 Å². The standard InChI is InChI=1S/C49H84O15/c1-3-5-7-9-11-13-15-17-18-20-21-23-25-27-29-31-40(51)59-34-37(62-41(52)32-30-28-26-24-22-19-16-14-12-10-8-6-4-2)35-60-48-47(58)45(56)43(54)39(64-48)36-61-49-46(57)44(55)42(53)38(33-50)63-49/h5,7,11,13,17-19,22,37-39,42-50,53-58H,3-4,6,8-10,12,14-16,20-21,23-36H2,1-2H3/b7-5-,13-11-,18-17-,22-19-. The van der Waals surface area contributed by atoms with Crippen LogP contribution >= 0.6 is 0 Å². The van der Waals surface area contributed by atoms with Crippen LogP contribution in [0.3, 0.4) is 0 Å². The Hall–Kier alpha value is -2.54. The van der Waals surface area contributed by atoms with Gasteiger partial charge in [-0.1, -0.05) is 120 Å². The first-order valence-corrected chi connectivity index (χ1v) is 24.2. The molecule has 15 heteroatoms. The maximum absolute atomic E-state index is 12.9. The highest BCUT2D eigenvalue weighted by Crippen LogP contribution is 2.26. The maximum Gasteiger partial charge on any atom is 0.306 e. The van der Waals surface area contributed by atoms with Crippen molar-refractivity contribution in [3.8, 4) is 0 Å². The quantitative estimate of drug-likeness (QED) is 0.0220. The summed E-state index contributed by atoms with van der Waals surface area (Å²) in [5, 5.41) is 71.9. The highest BCUT2D eigenvalue weighted by Gasteiger charge is 2.47. The molecule has 2 heterocycles. The van der Waals surface area contributed by atoms with Gasteiger partial charge in [-0.25, -0.2) is 0 Å². The van der Waals surface area contributed by atoms with Crippen LogP contribution in [-0.4, -0.2) is 142 Å². The second-order valence-electron chi connectivity index (χ2n) is 16.9. The van der Waals surface area contributed by atoms with Crippen LogP contribution in [0.25, 0.3) is 0 Å². The van der Waals surface area contributed by atoms with E-state index in [1.165, 1.54) is 38.5 Å². The lowest BCUT2D eigenvalue weighted by molar-refractivity contribution is -0.332. The van der Waals surface area contributed by atoms with Gasteiger partial charge >= 0.3 is 11.9 Å². The third kappa shape index (κ3) is 24.8. The first-order chi connectivity index (χ1) is 31.0. The number of carbonyl (C=O) groups excluding carboxylic acids is 2. The number of hydrogen-bond acceptors (Lipinski definition) is 15. The Morgan fingerprint density at radius 1 is 0.516 bits per heavy atom. The van der Waals surface area contributed by atoms with Crippen LogP contribution in [0.15, 0.2) is 48.6 Å². The van der Waals surface area contributed by atoms with Crippen molar-refractivity contribution in [2.24, 2.45) is 0 Å². The predicted octanol–water partition coefficient (Wildman–Crippen LogP) is 5.93. The summed E-state index contributed by atoms with van der Waals surface area (Å²) in [6.45, 7) is 2.41. The van der Waals surface area contributed by atoms with Crippen LogP contribution in [0.5, 0.6) is 0 Å². The highest BCUT2D eigenvalue weighted by atomic mass is 16.7. The molecule has 64 heavy (non-hydrogen) atoms. The van der Waals surface area contributed by atoms with Gasteiger partial charge < -0.3 is 64.2 Å². The third-order valence-corrected chi connectivity index (χ3v) is 11.3. The van der Waals surface area contributed by atoms with E-state index in [1.807, 2.05) is 0 Å². The molecule has 7 N–H and O–H groups in total. The summed E-state index contributed by atoms with van der Waals surface area (Å²) in [4.78, 5) is 25.7. The van der Waals surface area contributed by atoms with Gasteiger partial charge in [0.2, 0.25) is 0 Å². The van der Waals surface area contributed by atoms with Crippen LogP contribution in [0.2, 0.25) is 0 Å². The van der Waals surface area contributed by atoms with Gasteiger partial charge in [-0.05, 0) is 70.6 Å². The van der Waals surface area contributed by atoms with E-state index in [4.69, 9.17) is 28.4 Å². The molecule has 0 saturated carbocycles. The number of hydrogen-bond donors (Lipinski definition) is 7. The molecule has 2 saturated heterocycles. The van der Waals surface area contributed by atoms with Crippen molar-refractivity contribution in [3.05, 3.63) is 48.6 Å². The molecule has 2 rings (SSSR count). The molecule has 0 spiro atoms. The zero-order chi connectivity index (χ0) is 46.8. The first-order valence-electron chi connectivity index (χ1n) is 24.2. The second kappa shape index (κ2) is 36.6. The number of aliphatic hydroxyl groups is 7. The van der Waals surface area contributed by atoms with Crippen LogP contribution in [-0.2, 0) is 38.0 Å². The van der Waals surface area contributed by atoms with Crippen molar-refractivity contribution in [1.29, 1.82) is 0 Å². The molecule has 11 unspecified atom stereocenters. The highest BCUT2D eigenvalue weighted by molar-refractivity contribution is 5.70. The van der Waals surface area contributed by atoms with Crippen molar-refractivity contribution in [1.82, 2.24) is 0 Å². The van der Waals surface area contributed by atoms with E-state index in [0.717, 1.165) is 77.0 Å². The summed E-state index contributed by atoms with van der Waals surface area (Å²) in [6, 6.07) is 0. The predicted molar refractivity (Wildman–Crippen MR) is 243 cm³/mol. The molecule has 0 aromatic heterocycles. The summed E-state index contributed by atoms with van der Waals surface area (Å²) in [6.07, 6.45) is 21.5. The largest absolute Gasteiger partial charge is 0.462 e. The molecule has 370 valence electrons. The minimum Gasteiger partial charge on any atom is -0.462 e. The number of esters is 2. The number of ether oxygens (including phenoxy) is 6.